The second kappa shape index (κ2) is 4.46. The average molecular weight is 214 g/mol. The van der Waals surface area contributed by atoms with E-state index in [0.29, 0.717) is 4.90 Å². The molecule has 1 N–H and O–H groups in total. The van der Waals surface area contributed by atoms with Crippen LogP contribution in [0.3, 0.4) is 0 Å². The Morgan fingerprint density at radius 2 is 2.14 bits per heavy atom. The third-order valence-electron chi connectivity index (χ3n) is 1.56. The third kappa shape index (κ3) is 2.48. The van der Waals surface area contributed by atoms with Gasteiger partial charge in [-0.1, -0.05) is 19.9 Å². The lowest BCUT2D eigenvalue weighted by Gasteiger charge is -2.07. The van der Waals surface area contributed by atoms with E-state index in [1.54, 1.807) is 12.1 Å². The molecule has 0 aliphatic rings. The van der Waals surface area contributed by atoms with Crippen molar-refractivity contribution >= 4 is 17.7 Å². The quantitative estimate of drug-likeness (QED) is 0.786. The largest absolute Gasteiger partial charge is 0.478 e. The summed E-state index contributed by atoms with van der Waals surface area (Å²) in [5, 5.41) is 8.91. The van der Waals surface area contributed by atoms with Gasteiger partial charge in [0.2, 0.25) is 0 Å². The van der Waals surface area contributed by atoms with Crippen LogP contribution in [0.2, 0.25) is 0 Å². The van der Waals surface area contributed by atoms with E-state index >= 15 is 0 Å². The van der Waals surface area contributed by atoms with Crippen molar-refractivity contribution in [3.05, 3.63) is 29.6 Å². The number of carbonyl (C=O) groups is 1. The highest BCUT2D eigenvalue weighted by Gasteiger charge is 2.14. The lowest BCUT2D eigenvalue weighted by Crippen LogP contribution is -2.02. The minimum atomic E-state index is -1.23. The summed E-state index contributed by atoms with van der Waals surface area (Å²) < 4.78 is 13.5. The fraction of sp³-hybridized carbons (Fsp3) is 0.300. The van der Waals surface area contributed by atoms with Crippen LogP contribution in [-0.4, -0.2) is 16.3 Å². The van der Waals surface area contributed by atoms with Crippen LogP contribution in [0.25, 0.3) is 0 Å². The molecule has 0 aromatic heterocycles. The van der Waals surface area contributed by atoms with Gasteiger partial charge >= 0.3 is 5.97 Å². The summed E-state index contributed by atoms with van der Waals surface area (Å²) in [7, 11) is 0. The van der Waals surface area contributed by atoms with E-state index in [0.717, 1.165) is 0 Å². The second-order valence-electron chi connectivity index (χ2n) is 3.09. The molecule has 0 amide bonds. The predicted molar refractivity (Wildman–Crippen MR) is 54.4 cm³/mol. The Hall–Kier alpha value is -1.03. The molecule has 0 saturated heterocycles. The predicted octanol–water partition coefficient (Wildman–Crippen LogP) is 3.02. The van der Waals surface area contributed by atoms with Gasteiger partial charge in [0.15, 0.2) is 5.82 Å². The van der Waals surface area contributed by atoms with Gasteiger partial charge in [0, 0.05) is 10.1 Å². The fourth-order valence-corrected chi connectivity index (χ4v) is 1.90. The molecule has 14 heavy (non-hydrogen) atoms. The molecule has 0 atom stereocenters. The fourth-order valence-electron chi connectivity index (χ4n) is 1.02. The number of aromatic carboxylic acids is 1. The summed E-state index contributed by atoms with van der Waals surface area (Å²) >= 11 is 1.32. The number of carboxylic acids is 1. The Morgan fingerprint density at radius 3 is 2.64 bits per heavy atom. The summed E-state index contributed by atoms with van der Waals surface area (Å²) in [5.41, 5.74) is -0.268. The summed E-state index contributed by atoms with van der Waals surface area (Å²) in [4.78, 5) is 11.0. The van der Waals surface area contributed by atoms with Crippen molar-refractivity contribution in [2.24, 2.45) is 0 Å². The van der Waals surface area contributed by atoms with Gasteiger partial charge in [-0.15, -0.1) is 11.8 Å². The number of hydrogen-bond donors (Lipinski definition) is 1. The molecule has 0 radical (unpaired) electrons. The van der Waals surface area contributed by atoms with Crippen LogP contribution < -0.4 is 0 Å². The molecule has 2 nitrogen and oxygen atoms in total. The van der Waals surface area contributed by atoms with Crippen LogP contribution in [0.1, 0.15) is 24.2 Å². The number of thioether (sulfide) groups is 1. The first-order valence-corrected chi connectivity index (χ1v) is 5.08. The first kappa shape index (κ1) is 11.0. The monoisotopic (exact) mass is 214 g/mol. The van der Waals surface area contributed by atoms with Gasteiger partial charge in [-0.25, -0.2) is 9.18 Å². The molecule has 0 bridgehead atoms. The summed E-state index contributed by atoms with van der Waals surface area (Å²) in [6.07, 6.45) is 0. The summed E-state index contributed by atoms with van der Waals surface area (Å²) in [5.74, 6) is -1.87. The first-order valence-electron chi connectivity index (χ1n) is 4.21. The van der Waals surface area contributed by atoms with Crippen LogP contribution in [0.5, 0.6) is 0 Å². The van der Waals surface area contributed by atoms with Crippen molar-refractivity contribution in [3.8, 4) is 0 Å². The molecule has 1 aromatic carbocycles. The minimum Gasteiger partial charge on any atom is -0.478 e. The lowest BCUT2D eigenvalue weighted by molar-refractivity contribution is 0.0691. The van der Waals surface area contributed by atoms with Crippen molar-refractivity contribution in [3.63, 3.8) is 0 Å². The maximum absolute atomic E-state index is 13.5. The molecule has 0 heterocycles. The molecule has 0 saturated carbocycles. The zero-order valence-corrected chi connectivity index (χ0v) is 8.77. The number of rotatable bonds is 3. The molecule has 0 spiro atoms. The van der Waals surface area contributed by atoms with Gasteiger partial charge in [-0.3, -0.25) is 0 Å². The van der Waals surface area contributed by atoms with Gasteiger partial charge < -0.3 is 5.11 Å². The van der Waals surface area contributed by atoms with Crippen LogP contribution in [0, 0.1) is 5.82 Å². The minimum absolute atomic E-state index is 0.230. The SMILES string of the molecule is CC(C)Sc1cccc(C(=O)O)c1F. The Labute approximate surface area is 86.1 Å². The molecule has 4 heteroatoms. The van der Waals surface area contributed by atoms with Crippen LogP contribution in [-0.2, 0) is 0 Å². The van der Waals surface area contributed by atoms with Crippen molar-refractivity contribution in [1.29, 1.82) is 0 Å². The second-order valence-corrected chi connectivity index (χ2v) is 4.71. The van der Waals surface area contributed by atoms with E-state index in [9.17, 15) is 9.18 Å². The first-order chi connectivity index (χ1) is 6.52. The molecular formula is C10H11FO2S. The van der Waals surface area contributed by atoms with Gasteiger partial charge in [0.1, 0.15) is 0 Å². The van der Waals surface area contributed by atoms with Crippen molar-refractivity contribution in [2.75, 3.05) is 0 Å². The van der Waals surface area contributed by atoms with Gasteiger partial charge in [0.05, 0.1) is 5.56 Å². The molecule has 76 valence electrons. The van der Waals surface area contributed by atoms with E-state index < -0.39 is 11.8 Å². The number of hydrogen-bond acceptors (Lipinski definition) is 2. The maximum Gasteiger partial charge on any atom is 0.338 e. The van der Waals surface area contributed by atoms with Crippen molar-refractivity contribution in [2.45, 2.75) is 24.0 Å². The highest BCUT2D eigenvalue weighted by atomic mass is 32.2. The summed E-state index contributed by atoms with van der Waals surface area (Å²) in [6, 6.07) is 4.41. The highest BCUT2D eigenvalue weighted by molar-refractivity contribution is 7.99. The zero-order chi connectivity index (χ0) is 10.7. The van der Waals surface area contributed by atoms with E-state index in [1.807, 2.05) is 13.8 Å². The van der Waals surface area contributed by atoms with Gasteiger partial charge in [-0.2, -0.15) is 0 Å². The van der Waals surface area contributed by atoms with Crippen molar-refractivity contribution < 1.29 is 14.3 Å². The van der Waals surface area contributed by atoms with Gasteiger partial charge in [-0.05, 0) is 12.1 Å². The van der Waals surface area contributed by atoms with Crippen molar-refractivity contribution in [1.82, 2.24) is 0 Å². The van der Waals surface area contributed by atoms with Crippen LogP contribution in [0.15, 0.2) is 23.1 Å². The van der Waals surface area contributed by atoms with Crippen LogP contribution in [0.4, 0.5) is 4.39 Å². The number of benzene rings is 1. The van der Waals surface area contributed by atoms with E-state index in [1.165, 1.54) is 17.8 Å². The number of halogens is 1. The van der Waals surface area contributed by atoms with Gasteiger partial charge in [0.25, 0.3) is 0 Å². The number of carboxylic acid groups (broad SMARTS) is 1. The highest BCUT2D eigenvalue weighted by Crippen LogP contribution is 2.27. The molecule has 1 aromatic rings. The zero-order valence-electron chi connectivity index (χ0n) is 7.95. The molecule has 1 rings (SSSR count). The Balaban J connectivity index is 3.07. The Bertz CT molecular complexity index is 350. The molecule has 0 aliphatic heterocycles. The van der Waals surface area contributed by atoms with Crippen LogP contribution >= 0.6 is 11.8 Å². The smallest absolute Gasteiger partial charge is 0.338 e. The summed E-state index contributed by atoms with van der Waals surface area (Å²) in [6.45, 7) is 3.86. The average Bonchev–Trinajstić information content (AvgIpc) is 2.07. The van der Waals surface area contributed by atoms with E-state index in [-0.39, 0.29) is 10.8 Å². The normalized spacial score (nSPS) is 10.6. The van der Waals surface area contributed by atoms with E-state index in [4.69, 9.17) is 5.11 Å². The molecule has 0 unspecified atom stereocenters. The lowest BCUT2D eigenvalue weighted by atomic mass is 10.2. The Morgan fingerprint density at radius 1 is 1.50 bits per heavy atom. The van der Waals surface area contributed by atoms with E-state index in [2.05, 4.69) is 0 Å². The topological polar surface area (TPSA) is 37.3 Å². The third-order valence-corrected chi connectivity index (χ3v) is 2.60. The molecular weight excluding hydrogens is 203 g/mol. The molecule has 0 fully saturated rings. The maximum atomic E-state index is 13.5. The standard InChI is InChI=1S/C10H11FO2S/c1-6(2)14-8-5-3-4-7(9(8)11)10(12)13/h3-6H,1-2H3,(H,12,13). The molecule has 0 aliphatic carbocycles. The Kier molecular flexibility index (Phi) is 3.52.